The second kappa shape index (κ2) is 15.3. The fourth-order valence-corrected chi connectivity index (χ4v) is 5.38. The van der Waals surface area contributed by atoms with Gasteiger partial charge >= 0.3 is 0 Å². The molecule has 1 amide bonds. The Morgan fingerprint density at radius 3 is 2.41 bits per heavy atom. The molecule has 7 nitrogen and oxygen atoms in total. The standard InChI is InChI=1S/C32H38Cl2N4O3/c1-35-32(40)26-7-5-6-25(18-26)23-8-10-24(11-9-23)31(22-37-14-3-4-15-37)36-20-28(39)21-38(16-17-41-2)27-12-13-29(33)30(34)19-27/h5-13,18-19,31,36H,3-4,14-17,20-22H2,1-2H3,(H,35,40). The summed E-state index contributed by atoms with van der Waals surface area (Å²) in [4.78, 5) is 29.7. The molecule has 0 saturated carbocycles. The second-order valence-corrected chi connectivity index (χ2v) is 11.1. The number of nitrogens with one attached hydrogen (secondary N) is 2. The molecular weight excluding hydrogens is 559 g/mol. The number of likely N-dealkylation sites (tertiary alicyclic amines) is 1. The number of ketones is 1. The van der Waals surface area contributed by atoms with Gasteiger partial charge in [0.25, 0.3) is 5.91 Å². The van der Waals surface area contributed by atoms with Gasteiger partial charge in [0, 0.05) is 44.5 Å². The molecule has 0 aromatic heterocycles. The Bertz CT molecular complexity index is 1310. The lowest BCUT2D eigenvalue weighted by molar-refractivity contribution is -0.117. The summed E-state index contributed by atoms with van der Waals surface area (Å²) in [7, 11) is 3.27. The molecule has 0 bridgehead atoms. The van der Waals surface area contributed by atoms with E-state index >= 15 is 0 Å². The van der Waals surface area contributed by atoms with Gasteiger partial charge in [-0.15, -0.1) is 0 Å². The smallest absolute Gasteiger partial charge is 0.251 e. The third-order valence-corrected chi connectivity index (χ3v) is 8.12. The van der Waals surface area contributed by atoms with E-state index in [1.165, 1.54) is 12.8 Å². The van der Waals surface area contributed by atoms with Crippen molar-refractivity contribution in [3.63, 3.8) is 0 Å². The third kappa shape index (κ3) is 8.77. The Labute approximate surface area is 252 Å². The minimum atomic E-state index is -0.108. The van der Waals surface area contributed by atoms with Gasteiger partial charge < -0.3 is 25.2 Å². The Morgan fingerprint density at radius 1 is 0.976 bits per heavy atom. The summed E-state index contributed by atoms with van der Waals surface area (Å²) in [6.07, 6.45) is 2.40. The van der Waals surface area contributed by atoms with Gasteiger partial charge in [-0.05, 0) is 73.0 Å². The van der Waals surface area contributed by atoms with Crippen molar-refractivity contribution in [2.75, 3.05) is 64.9 Å². The van der Waals surface area contributed by atoms with Crippen molar-refractivity contribution in [2.45, 2.75) is 18.9 Å². The molecule has 3 aromatic carbocycles. The number of carbonyl (C=O) groups is 2. The summed E-state index contributed by atoms with van der Waals surface area (Å²) in [6, 6.07) is 21.4. The molecule has 1 unspecified atom stereocenters. The number of methoxy groups -OCH3 is 1. The summed E-state index contributed by atoms with van der Waals surface area (Å²) in [5.74, 6) is -0.0378. The van der Waals surface area contributed by atoms with Crippen molar-refractivity contribution < 1.29 is 14.3 Å². The number of carbonyl (C=O) groups excluding carboxylic acids is 2. The second-order valence-electron chi connectivity index (χ2n) is 10.3. The lowest BCUT2D eigenvalue weighted by atomic mass is 9.99. The summed E-state index contributed by atoms with van der Waals surface area (Å²) in [5.41, 5.74) is 4.59. The Hall–Kier alpha value is -2.94. The summed E-state index contributed by atoms with van der Waals surface area (Å²) >= 11 is 12.4. The van der Waals surface area contributed by atoms with E-state index < -0.39 is 0 Å². The molecule has 4 rings (SSSR count). The molecule has 1 aliphatic rings. The minimum absolute atomic E-state index is 0.000653. The van der Waals surface area contributed by atoms with Crippen LogP contribution in [0.4, 0.5) is 5.69 Å². The van der Waals surface area contributed by atoms with Crippen LogP contribution in [-0.2, 0) is 9.53 Å². The number of rotatable bonds is 14. The number of nitrogens with zero attached hydrogens (tertiary/aromatic N) is 2. The van der Waals surface area contributed by atoms with E-state index in [0.29, 0.717) is 28.8 Å². The fourth-order valence-electron chi connectivity index (χ4n) is 5.09. The van der Waals surface area contributed by atoms with E-state index in [0.717, 1.165) is 42.0 Å². The van der Waals surface area contributed by atoms with Crippen LogP contribution >= 0.6 is 23.2 Å². The van der Waals surface area contributed by atoms with E-state index in [-0.39, 0.29) is 30.8 Å². The number of ether oxygens (including phenoxy) is 1. The van der Waals surface area contributed by atoms with Crippen LogP contribution in [0.2, 0.25) is 10.0 Å². The first kappa shape index (κ1) is 31.0. The van der Waals surface area contributed by atoms with Crippen LogP contribution in [0, 0.1) is 0 Å². The van der Waals surface area contributed by atoms with E-state index in [1.54, 1.807) is 26.3 Å². The number of hydrogen-bond donors (Lipinski definition) is 2. The summed E-state index contributed by atoms with van der Waals surface area (Å²) in [6.45, 7) is 4.47. The molecule has 1 heterocycles. The highest BCUT2D eigenvalue weighted by molar-refractivity contribution is 6.42. The monoisotopic (exact) mass is 596 g/mol. The predicted octanol–water partition coefficient (Wildman–Crippen LogP) is 5.47. The van der Waals surface area contributed by atoms with Crippen LogP contribution in [0.3, 0.4) is 0 Å². The first-order valence-electron chi connectivity index (χ1n) is 14.0. The minimum Gasteiger partial charge on any atom is -0.383 e. The van der Waals surface area contributed by atoms with Crippen molar-refractivity contribution in [1.82, 2.24) is 15.5 Å². The molecule has 1 saturated heterocycles. The number of benzene rings is 3. The zero-order chi connectivity index (χ0) is 29.2. The SMILES string of the molecule is CNC(=O)c1cccc(-c2ccc(C(CN3CCCC3)NCC(=O)CN(CCOC)c3ccc(Cl)c(Cl)c3)cc2)c1. The Balaban J connectivity index is 1.46. The third-order valence-electron chi connectivity index (χ3n) is 7.38. The molecule has 9 heteroatoms. The van der Waals surface area contributed by atoms with Crippen LogP contribution in [0.1, 0.15) is 34.8 Å². The van der Waals surface area contributed by atoms with Crippen molar-refractivity contribution in [3.8, 4) is 11.1 Å². The van der Waals surface area contributed by atoms with Gasteiger partial charge in [0.15, 0.2) is 5.78 Å². The molecule has 1 aliphatic heterocycles. The number of hydrogen-bond acceptors (Lipinski definition) is 6. The highest BCUT2D eigenvalue weighted by Crippen LogP contribution is 2.28. The molecule has 0 spiro atoms. The van der Waals surface area contributed by atoms with Crippen molar-refractivity contribution in [3.05, 3.63) is 87.9 Å². The van der Waals surface area contributed by atoms with E-state index in [1.807, 2.05) is 35.2 Å². The van der Waals surface area contributed by atoms with Gasteiger partial charge in [0.2, 0.25) is 0 Å². The normalized spacial score (nSPS) is 14.1. The van der Waals surface area contributed by atoms with Crippen LogP contribution in [-0.4, -0.2) is 76.6 Å². The van der Waals surface area contributed by atoms with Crippen LogP contribution < -0.4 is 15.5 Å². The largest absolute Gasteiger partial charge is 0.383 e. The number of amides is 1. The molecule has 1 atom stereocenters. The van der Waals surface area contributed by atoms with Gasteiger partial charge in [0.1, 0.15) is 0 Å². The predicted molar refractivity (Wildman–Crippen MR) is 167 cm³/mol. The van der Waals surface area contributed by atoms with Gasteiger partial charge in [-0.2, -0.15) is 0 Å². The maximum absolute atomic E-state index is 13.2. The fraction of sp³-hybridized carbons (Fsp3) is 0.375. The topological polar surface area (TPSA) is 73.9 Å². The highest BCUT2D eigenvalue weighted by Gasteiger charge is 2.21. The van der Waals surface area contributed by atoms with Crippen LogP contribution in [0.15, 0.2) is 66.7 Å². The number of halogens is 2. The summed E-state index contributed by atoms with van der Waals surface area (Å²) in [5, 5.41) is 7.14. The first-order chi connectivity index (χ1) is 19.9. The van der Waals surface area contributed by atoms with Gasteiger partial charge in [0.05, 0.1) is 29.7 Å². The van der Waals surface area contributed by atoms with Gasteiger partial charge in [-0.3, -0.25) is 9.59 Å². The lowest BCUT2D eigenvalue weighted by Gasteiger charge is -2.27. The summed E-state index contributed by atoms with van der Waals surface area (Å²) < 4.78 is 5.27. The van der Waals surface area contributed by atoms with Gasteiger partial charge in [-0.1, -0.05) is 59.6 Å². The lowest BCUT2D eigenvalue weighted by Crippen LogP contribution is -2.40. The van der Waals surface area contributed by atoms with Crippen molar-refractivity contribution >= 4 is 40.6 Å². The first-order valence-corrected chi connectivity index (χ1v) is 14.7. The maximum Gasteiger partial charge on any atom is 0.251 e. The maximum atomic E-state index is 13.2. The highest BCUT2D eigenvalue weighted by atomic mass is 35.5. The van der Waals surface area contributed by atoms with Crippen LogP contribution in [0.25, 0.3) is 11.1 Å². The molecule has 3 aromatic rings. The zero-order valence-corrected chi connectivity index (χ0v) is 25.2. The van der Waals surface area contributed by atoms with E-state index in [9.17, 15) is 9.59 Å². The quantitative estimate of drug-likeness (QED) is 0.257. The average Bonchev–Trinajstić information content (AvgIpc) is 3.52. The Morgan fingerprint density at radius 2 is 1.73 bits per heavy atom. The molecule has 41 heavy (non-hydrogen) atoms. The van der Waals surface area contributed by atoms with Crippen molar-refractivity contribution in [2.24, 2.45) is 0 Å². The van der Waals surface area contributed by atoms with Crippen LogP contribution in [0.5, 0.6) is 0 Å². The van der Waals surface area contributed by atoms with E-state index in [2.05, 4.69) is 39.8 Å². The van der Waals surface area contributed by atoms with Crippen molar-refractivity contribution in [1.29, 1.82) is 0 Å². The molecule has 0 radical (unpaired) electrons. The molecule has 0 aliphatic carbocycles. The van der Waals surface area contributed by atoms with E-state index in [4.69, 9.17) is 27.9 Å². The molecule has 1 fully saturated rings. The number of Topliss-reactive ketones (excluding diaryl/α,β-unsaturated/α-hetero) is 1. The average molecular weight is 598 g/mol. The number of anilines is 1. The zero-order valence-electron chi connectivity index (χ0n) is 23.7. The molecule has 218 valence electrons. The molecule has 2 N–H and O–H groups in total. The van der Waals surface area contributed by atoms with Gasteiger partial charge in [-0.25, -0.2) is 0 Å². The Kier molecular flexibility index (Phi) is 11.6. The molecular formula is C32H38Cl2N4O3.